The lowest BCUT2D eigenvalue weighted by molar-refractivity contribution is -0.134. The summed E-state index contributed by atoms with van der Waals surface area (Å²) in [4.78, 5) is 21.8. The van der Waals surface area contributed by atoms with E-state index in [2.05, 4.69) is 0 Å². The van der Waals surface area contributed by atoms with Crippen molar-refractivity contribution in [3.8, 4) is 0 Å². The topological polar surface area (TPSA) is 115 Å². The van der Waals surface area contributed by atoms with Crippen LogP contribution in [-0.4, -0.2) is 57.4 Å². The van der Waals surface area contributed by atoms with Crippen molar-refractivity contribution in [3.63, 3.8) is 0 Å². The molecule has 0 aromatic rings. The zero-order valence-corrected chi connectivity index (χ0v) is 7.59. The van der Waals surface area contributed by atoms with Gasteiger partial charge in [0.1, 0.15) is 12.2 Å². The van der Waals surface area contributed by atoms with Gasteiger partial charge in [0.15, 0.2) is 11.6 Å². The van der Waals surface area contributed by atoms with Gasteiger partial charge in [0.05, 0.1) is 13.2 Å². The van der Waals surface area contributed by atoms with Crippen molar-refractivity contribution in [1.29, 1.82) is 0 Å². The number of aliphatic hydroxyl groups is 4. The van der Waals surface area contributed by atoms with E-state index in [1.165, 1.54) is 0 Å². The van der Waals surface area contributed by atoms with E-state index in [0.29, 0.717) is 0 Å². The van der Waals surface area contributed by atoms with Crippen LogP contribution in [0.15, 0.2) is 0 Å². The Bertz CT molecular complexity index is 180. The van der Waals surface area contributed by atoms with Gasteiger partial charge in [0.25, 0.3) is 0 Å². The molecule has 2 atom stereocenters. The molecule has 2 unspecified atom stereocenters. The highest BCUT2D eigenvalue weighted by Gasteiger charge is 2.18. The van der Waals surface area contributed by atoms with Crippen LogP contribution in [0.4, 0.5) is 0 Å². The quantitative estimate of drug-likeness (QED) is 0.369. The van der Waals surface area contributed by atoms with Crippen molar-refractivity contribution in [2.24, 2.45) is 0 Å². The molecule has 0 aliphatic carbocycles. The van der Waals surface area contributed by atoms with Gasteiger partial charge in [0, 0.05) is 12.8 Å². The van der Waals surface area contributed by atoms with Gasteiger partial charge in [0.2, 0.25) is 0 Å². The SMILES string of the molecule is O=C(CCC(=O)C(O)CO)C(O)CO. The van der Waals surface area contributed by atoms with Crippen LogP contribution >= 0.6 is 0 Å². The summed E-state index contributed by atoms with van der Waals surface area (Å²) in [6.45, 7) is -1.37. The first-order chi connectivity index (χ1) is 6.52. The Labute approximate surface area is 80.8 Å². The fourth-order valence-electron chi connectivity index (χ4n) is 0.783. The number of hydrogen-bond donors (Lipinski definition) is 4. The predicted molar refractivity (Wildman–Crippen MR) is 45.4 cm³/mol. The molecule has 0 spiro atoms. The van der Waals surface area contributed by atoms with Gasteiger partial charge in [-0.1, -0.05) is 0 Å². The highest BCUT2D eigenvalue weighted by atomic mass is 16.3. The summed E-state index contributed by atoms with van der Waals surface area (Å²) in [5, 5.41) is 34.4. The van der Waals surface area contributed by atoms with E-state index in [1.807, 2.05) is 0 Å². The highest BCUT2D eigenvalue weighted by molar-refractivity contribution is 5.90. The highest BCUT2D eigenvalue weighted by Crippen LogP contribution is 1.99. The minimum absolute atomic E-state index is 0.252. The van der Waals surface area contributed by atoms with Crippen molar-refractivity contribution < 1.29 is 30.0 Å². The van der Waals surface area contributed by atoms with E-state index in [-0.39, 0.29) is 12.8 Å². The van der Waals surface area contributed by atoms with Gasteiger partial charge >= 0.3 is 0 Å². The van der Waals surface area contributed by atoms with Gasteiger partial charge in [-0.15, -0.1) is 0 Å². The summed E-state index contributed by atoms with van der Waals surface area (Å²) in [6.07, 6.45) is -3.46. The van der Waals surface area contributed by atoms with Crippen molar-refractivity contribution in [2.45, 2.75) is 25.0 Å². The molecule has 6 heteroatoms. The van der Waals surface area contributed by atoms with Crippen LogP contribution in [0.5, 0.6) is 0 Å². The molecule has 0 radical (unpaired) electrons. The Hall–Kier alpha value is -0.820. The summed E-state index contributed by atoms with van der Waals surface area (Å²) in [5.74, 6) is -1.32. The number of hydrogen-bond acceptors (Lipinski definition) is 6. The summed E-state index contributed by atoms with van der Waals surface area (Å²) in [5.41, 5.74) is 0. The molecule has 4 N–H and O–H groups in total. The largest absolute Gasteiger partial charge is 0.393 e. The Morgan fingerprint density at radius 1 is 0.857 bits per heavy atom. The fraction of sp³-hybridized carbons (Fsp3) is 0.750. The first kappa shape index (κ1) is 13.2. The molecule has 0 aromatic heterocycles. The van der Waals surface area contributed by atoms with Crippen LogP contribution in [0, 0.1) is 0 Å². The number of carbonyl (C=O) groups excluding carboxylic acids is 2. The Morgan fingerprint density at radius 2 is 1.14 bits per heavy atom. The summed E-state index contributed by atoms with van der Waals surface area (Å²) >= 11 is 0. The number of carbonyl (C=O) groups is 2. The predicted octanol–water partition coefficient (Wildman–Crippen LogP) is -2.39. The molecule has 0 rings (SSSR count). The maximum absolute atomic E-state index is 10.9. The third-order valence-corrected chi connectivity index (χ3v) is 1.71. The molecular formula is C8H14O6. The number of aliphatic hydroxyl groups excluding tert-OH is 4. The van der Waals surface area contributed by atoms with Crippen molar-refractivity contribution in [1.82, 2.24) is 0 Å². The normalized spacial score (nSPS) is 14.9. The molecule has 0 heterocycles. The molecule has 14 heavy (non-hydrogen) atoms. The van der Waals surface area contributed by atoms with E-state index in [1.54, 1.807) is 0 Å². The molecule has 6 nitrogen and oxygen atoms in total. The fourth-order valence-corrected chi connectivity index (χ4v) is 0.783. The minimum atomic E-state index is -1.48. The lowest BCUT2D eigenvalue weighted by Crippen LogP contribution is -2.28. The van der Waals surface area contributed by atoms with E-state index in [4.69, 9.17) is 20.4 Å². The second-order valence-electron chi connectivity index (χ2n) is 2.83. The molecular weight excluding hydrogens is 192 g/mol. The third-order valence-electron chi connectivity index (χ3n) is 1.71. The zero-order chi connectivity index (χ0) is 11.1. The molecule has 0 saturated carbocycles. The summed E-state index contributed by atoms with van der Waals surface area (Å²) < 4.78 is 0. The van der Waals surface area contributed by atoms with Crippen LogP contribution in [0.2, 0.25) is 0 Å². The van der Waals surface area contributed by atoms with E-state index < -0.39 is 37.0 Å². The monoisotopic (exact) mass is 206 g/mol. The van der Waals surface area contributed by atoms with Crippen LogP contribution < -0.4 is 0 Å². The molecule has 0 amide bonds. The first-order valence-corrected chi connectivity index (χ1v) is 4.16. The first-order valence-electron chi connectivity index (χ1n) is 4.16. The Balaban J connectivity index is 3.83. The van der Waals surface area contributed by atoms with E-state index >= 15 is 0 Å². The second-order valence-corrected chi connectivity index (χ2v) is 2.83. The Kier molecular flexibility index (Phi) is 6.22. The molecule has 0 saturated heterocycles. The Morgan fingerprint density at radius 3 is 1.36 bits per heavy atom. The lowest BCUT2D eigenvalue weighted by atomic mass is 10.1. The van der Waals surface area contributed by atoms with E-state index in [9.17, 15) is 9.59 Å². The smallest absolute Gasteiger partial charge is 0.164 e. The van der Waals surface area contributed by atoms with Crippen LogP contribution in [-0.2, 0) is 9.59 Å². The van der Waals surface area contributed by atoms with Gasteiger partial charge in [-0.05, 0) is 0 Å². The average Bonchev–Trinajstić information content (AvgIpc) is 2.22. The van der Waals surface area contributed by atoms with Crippen molar-refractivity contribution in [3.05, 3.63) is 0 Å². The van der Waals surface area contributed by atoms with E-state index in [0.717, 1.165) is 0 Å². The van der Waals surface area contributed by atoms with Gasteiger partial charge in [-0.25, -0.2) is 0 Å². The maximum Gasteiger partial charge on any atom is 0.164 e. The van der Waals surface area contributed by atoms with Gasteiger partial charge in [-0.2, -0.15) is 0 Å². The van der Waals surface area contributed by atoms with Crippen LogP contribution in [0.25, 0.3) is 0 Å². The molecule has 0 aromatic carbocycles. The zero-order valence-electron chi connectivity index (χ0n) is 7.59. The second kappa shape index (κ2) is 6.61. The van der Waals surface area contributed by atoms with Crippen molar-refractivity contribution >= 4 is 11.6 Å². The summed E-state index contributed by atoms with van der Waals surface area (Å²) in [6, 6.07) is 0. The number of Topliss-reactive ketones (excluding diaryl/α,β-unsaturated/α-hetero) is 2. The third kappa shape index (κ3) is 4.43. The number of rotatable bonds is 7. The summed E-state index contributed by atoms with van der Waals surface area (Å²) in [7, 11) is 0. The van der Waals surface area contributed by atoms with Gasteiger partial charge < -0.3 is 20.4 Å². The molecule has 82 valence electrons. The van der Waals surface area contributed by atoms with Crippen molar-refractivity contribution in [2.75, 3.05) is 13.2 Å². The van der Waals surface area contributed by atoms with Crippen LogP contribution in [0.3, 0.4) is 0 Å². The molecule has 0 aliphatic heterocycles. The van der Waals surface area contributed by atoms with Crippen LogP contribution in [0.1, 0.15) is 12.8 Å². The molecule has 0 bridgehead atoms. The standard InChI is InChI=1S/C8H14O6/c9-3-7(13)5(11)1-2-6(12)8(14)4-10/h7-10,13-14H,1-4H2. The number of ketones is 2. The maximum atomic E-state index is 10.9. The molecule has 0 aliphatic rings. The average molecular weight is 206 g/mol. The molecule has 0 fully saturated rings. The van der Waals surface area contributed by atoms with Gasteiger partial charge in [-0.3, -0.25) is 9.59 Å². The minimum Gasteiger partial charge on any atom is -0.393 e. The lowest BCUT2D eigenvalue weighted by Gasteiger charge is -2.07.